The lowest BCUT2D eigenvalue weighted by molar-refractivity contribution is 0.291. The molecule has 0 aliphatic carbocycles. The van der Waals surface area contributed by atoms with Gasteiger partial charge in [-0.25, -0.2) is 21.1 Å². The number of allylic oxidation sites excluding steroid dienone is 1. The maximum absolute atomic E-state index is 14.8. The molecule has 9 heteroatoms. The highest BCUT2D eigenvalue weighted by molar-refractivity contribution is 7.93. The Kier molecular flexibility index (Phi) is 7.23. The number of likely N-dealkylation sites (N-methyl/N-ethyl adjacent to an activating group) is 1. The second-order valence-electron chi connectivity index (χ2n) is 13.2. The maximum Gasteiger partial charge on any atom is 0.266 e. The lowest BCUT2D eigenvalue weighted by Gasteiger charge is -2.49. The van der Waals surface area contributed by atoms with Crippen molar-refractivity contribution in [2.75, 3.05) is 22.8 Å². The second kappa shape index (κ2) is 10.8. The van der Waals surface area contributed by atoms with Gasteiger partial charge in [0.15, 0.2) is 0 Å². The van der Waals surface area contributed by atoms with E-state index in [2.05, 4.69) is 4.90 Å². The number of fused-ring (bicyclic) bond motifs is 1. The minimum absolute atomic E-state index is 0.226. The molecule has 0 saturated heterocycles. The van der Waals surface area contributed by atoms with Gasteiger partial charge in [-0.05, 0) is 93.6 Å². The highest BCUT2D eigenvalue weighted by Crippen LogP contribution is 2.59. The van der Waals surface area contributed by atoms with Crippen molar-refractivity contribution in [3.8, 4) is 0 Å². The van der Waals surface area contributed by atoms with Crippen molar-refractivity contribution in [2.24, 2.45) is 0 Å². The third kappa shape index (κ3) is 4.54. The fourth-order valence-electron chi connectivity index (χ4n) is 7.82. The smallest absolute Gasteiger partial charge is 0.266 e. The SMILES string of the molecule is CC(C)=C[C@@H]1c2cccc3c2[C@]2(CCN1S(=O)(=O)c1ccc(C)cc1)Cc1ccccc1N(S(=O)(=O)c1ccc(C)cc1)[C@@H]2N3C. The van der Waals surface area contributed by atoms with E-state index in [-0.39, 0.29) is 16.3 Å². The zero-order valence-corrected chi connectivity index (χ0v) is 28.4. The van der Waals surface area contributed by atoms with Crippen molar-refractivity contribution in [3.63, 3.8) is 0 Å². The number of aryl methyl sites for hydroxylation is 2. The summed E-state index contributed by atoms with van der Waals surface area (Å²) in [6.07, 6.45) is 2.46. The predicted octanol–water partition coefficient (Wildman–Crippen LogP) is 6.87. The van der Waals surface area contributed by atoms with Gasteiger partial charge < -0.3 is 4.90 Å². The molecule has 7 rings (SSSR count). The predicted molar refractivity (Wildman–Crippen MR) is 183 cm³/mol. The van der Waals surface area contributed by atoms with Gasteiger partial charge in [0.1, 0.15) is 6.17 Å². The van der Waals surface area contributed by atoms with E-state index < -0.39 is 37.7 Å². The average Bonchev–Trinajstić information content (AvgIpc) is 3.18. The van der Waals surface area contributed by atoms with Crippen molar-refractivity contribution in [1.82, 2.24) is 4.31 Å². The van der Waals surface area contributed by atoms with Gasteiger partial charge in [-0.1, -0.05) is 77.4 Å². The van der Waals surface area contributed by atoms with Crippen LogP contribution in [0.1, 0.15) is 54.1 Å². The molecular weight excluding hydrogens is 615 g/mol. The van der Waals surface area contributed by atoms with Gasteiger partial charge in [-0.15, -0.1) is 0 Å². The molecule has 0 aromatic heterocycles. The Morgan fingerprint density at radius 1 is 0.761 bits per heavy atom. The molecule has 1 spiro atoms. The number of hydrogen-bond donors (Lipinski definition) is 0. The number of sulfonamides is 2. The molecule has 0 amide bonds. The van der Waals surface area contributed by atoms with Crippen LogP contribution in [0.2, 0.25) is 0 Å². The quantitative estimate of drug-likeness (QED) is 0.220. The molecular formula is C37H39N3O4S2. The summed E-state index contributed by atoms with van der Waals surface area (Å²) in [5.74, 6) is 0. The van der Waals surface area contributed by atoms with Crippen LogP contribution in [0.4, 0.5) is 11.4 Å². The minimum Gasteiger partial charge on any atom is -0.352 e. The van der Waals surface area contributed by atoms with Gasteiger partial charge in [-0.2, -0.15) is 4.31 Å². The first-order valence-corrected chi connectivity index (χ1v) is 18.5. The van der Waals surface area contributed by atoms with Crippen LogP contribution in [0.3, 0.4) is 0 Å². The molecule has 0 fully saturated rings. The molecule has 0 radical (unpaired) electrons. The van der Waals surface area contributed by atoms with E-state index in [1.807, 2.05) is 108 Å². The molecule has 46 heavy (non-hydrogen) atoms. The lowest BCUT2D eigenvalue weighted by atomic mass is 9.69. The topological polar surface area (TPSA) is 78.0 Å². The molecule has 7 nitrogen and oxygen atoms in total. The summed E-state index contributed by atoms with van der Waals surface area (Å²) in [4.78, 5) is 2.58. The summed E-state index contributed by atoms with van der Waals surface area (Å²) in [6, 6.07) is 27.2. The Morgan fingerprint density at radius 2 is 1.35 bits per heavy atom. The zero-order valence-electron chi connectivity index (χ0n) is 26.8. The van der Waals surface area contributed by atoms with Crippen molar-refractivity contribution in [1.29, 1.82) is 0 Å². The van der Waals surface area contributed by atoms with E-state index in [0.717, 1.165) is 39.1 Å². The number of hydrogen-bond acceptors (Lipinski definition) is 5. The van der Waals surface area contributed by atoms with Gasteiger partial charge in [0.2, 0.25) is 10.0 Å². The zero-order chi connectivity index (χ0) is 32.6. The molecule has 0 saturated carbocycles. The Morgan fingerprint density at radius 3 is 1.98 bits per heavy atom. The molecule has 3 atom stereocenters. The Hall–Kier alpha value is -3.92. The third-order valence-electron chi connectivity index (χ3n) is 9.87. The summed E-state index contributed by atoms with van der Waals surface area (Å²) in [5, 5.41) is 0. The number of anilines is 2. The van der Waals surface area contributed by atoms with Crippen molar-refractivity contribution in [3.05, 3.63) is 130 Å². The molecule has 3 aliphatic heterocycles. The number of rotatable bonds is 5. The Bertz CT molecular complexity index is 2090. The Labute approximate surface area is 272 Å². The van der Waals surface area contributed by atoms with Gasteiger partial charge in [0.25, 0.3) is 10.0 Å². The van der Waals surface area contributed by atoms with Crippen LogP contribution in [0, 0.1) is 13.8 Å². The van der Waals surface area contributed by atoms with Crippen LogP contribution in [0.25, 0.3) is 0 Å². The Balaban J connectivity index is 1.48. The number of para-hydroxylation sites is 1. The monoisotopic (exact) mass is 653 g/mol. The molecule has 238 valence electrons. The van der Waals surface area contributed by atoms with Crippen LogP contribution in [0.15, 0.2) is 112 Å². The summed E-state index contributed by atoms with van der Waals surface area (Å²) in [6.45, 7) is 8.08. The first kappa shape index (κ1) is 30.7. The molecule has 0 unspecified atom stereocenters. The van der Waals surface area contributed by atoms with Gasteiger partial charge >= 0.3 is 0 Å². The molecule has 0 N–H and O–H groups in total. The maximum atomic E-state index is 14.8. The molecule has 3 heterocycles. The largest absolute Gasteiger partial charge is 0.352 e. The fourth-order valence-corrected chi connectivity index (χ4v) is 11.1. The van der Waals surface area contributed by atoms with Crippen LogP contribution < -0.4 is 9.21 Å². The summed E-state index contributed by atoms with van der Waals surface area (Å²) >= 11 is 0. The standard InChI is InChI=1S/C37H39N3O4S2/c1-25(2)23-34-31-10-8-12-33-35(31)37(21-22-39(34)45(41,42)29-17-13-26(3)14-18-29)24-28-9-6-7-11-32(28)40(36(37)38(33)5)46(43,44)30-19-15-27(4)16-20-30/h6-20,23,34,36H,21-22,24H2,1-5H3/t34-,36+,37+/m1/s1. The van der Waals surface area contributed by atoms with Crippen molar-refractivity contribution in [2.45, 2.75) is 68.0 Å². The van der Waals surface area contributed by atoms with E-state index in [9.17, 15) is 16.8 Å². The molecule has 0 bridgehead atoms. The van der Waals surface area contributed by atoms with E-state index in [1.54, 1.807) is 32.9 Å². The number of nitrogens with zero attached hydrogens (tertiary/aromatic N) is 3. The lowest BCUT2D eigenvalue weighted by Crippen LogP contribution is -2.61. The second-order valence-corrected chi connectivity index (χ2v) is 16.9. The fraction of sp³-hybridized carbons (Fsp3) is 0.297. The first-order chi connectivity index (χ1) is 21.9. The van der Waals surface area contributed by atoms with Crippen molar-refractivity contribution >= 4 is 31.4 Å². The first-order valence-electron chi connectivity index (χ1n) is 15.6. The molecule has 4 aromatic rings. The van der Waals surface area contributed by atoms with Crippen LogP contribution in [-0.2, 0) is 31.9 Å². The van der Waals surface area contributed by atoms with E-state index in [4.69, 9.17) is 0 Å². The number of benzene rings is 4. The summed E-state index contributed by atoms with van der Waals surface area (Å²) in [7, 11) is -5.96. The van der Waals surface area contributed by atoms with Crippen molar-refractivity contribution < 1.29 is 16.8 Å². The van der Waals surface area contributed by atoms with Crippen LogP contribution in [0.5, 0.6) is 0 Å². The highest BCUT2D eigenvalue weighted by atomic mass is 32.2. The van der Waals surface area contributed by atoms with E-state index in [0.29, 0.717) is 18.5 Å². The summed E-state index contributed by atoms with van der Waals surface area (Å²) < 4.78 is 61.8. The van der Waals surface area contributed by atoms with Crippen LogP contribution in [-0.4, -0.2) is 40.9 Å². The van der Waals surface area contributed by atoms with Crippen LogP contribution >= 0.6 is 0 Å². The molecule has 3 aliphatic rings. The molecule has 4 aromatic carbocycles. The minimum atomic E-state index is -4.02. The van der Waals surface area contributed by atoms with E-state index >= 15 is 0 Å². The van der Waals surface area contributed by atoms with Gasteiger partial charge in [0, 0.05) is 24.7 Å². The highest BCUT2D eigenvalue weighted by Gasteiger charge is 2.60. The van der Waals surface area contributed by atoms with E-state index in [1.165, 1.54) is 0 Å². The third-order valence-corrected chi connectivity index (χ3v) is 13.6. The average molecular weight is 654 g/mol. The van der Waals surface area contributed by atoms with Gasteiger partial charge in [-0.3, -0.25) is 0 Å². The van der Waals surface area contributed by atoms with Gasteiger partial charge in [0.05, 0.1) is 21.5 Å². The normalized spacial score (nSPS) is 22.5. The summed E-state index contributed by atoms with van der Waals surface area (Å²) in [5.41, 5.74) is 6.71.